The fraction of sp³-hybridized carbons (Fsp3) is 0. The topological polar surface area (TPSA) is 132 Å². The number of hydrogen-bond donors (Lipinski definition) is 3. The Morgan fingerprint density at radius 2 is 1.72 bits per heavy atom. The number of H-pyrrole nitrogens is 1. The molecule has 32 heavy (non-hydrogen) atoms. The lowest BCUT2D eigenvalue weighted by molar-refractivity contribution is 0.102. The molecule has 0 unspecified atom stereocenters. The number of pyridine rings is 1. The van der Waals surface area contributed by atoms with E-state index < -0.39 is 0 Å². The van der Waals surface area contributed by atoms with Crippen molar-refractivity contribution in [1.82, 2.24) is 25.1 Å². The number of carbonyl (C=O) groups excluding carboxylic acids is 1. The largest absolute Gasteiger partial charge is 0.456 e. The molecule has 5 rings (SSSR count). The van der Waals surface area contributed by atoms with E-state index in [1.54, 1.807) is 12.4 Å². The van der Waals surface area contributed by atoms with Gasteiger partial charge < -0.3 is 15.8 Å². The number of rotatable bonds is 5. The molecule has 0 aliphatic heterocycles. The monoisotopic (exact) mass is 423 g/mol. The summed E-state index contributed by atoms with van der Waals surface area (Å²) in [5, 5.41) is 10.5. The smallest absolute Gasteiger partial charge is 0.276 e. The van der Waals surface area contributed by atoms with E-state index in [-0.39, 0.29) is 17.5 Å². The van der Waals surface area contributed by atoms with Crippen LogP contribution in [0.4, 0.5) is 11.6 Å². The van der Waals surface area contributed by atoms with Crippen molar-refractivity contribution in [2.45, 2.75) is 0 Å². The van der Waals surface area contributed by atoms with E-state index >= 15 is 0 Å². The lowest BCUT2D eigenvalue weighted by Crippen LogP contribution is -2.13. The van der Waals surface area contributed by atoms with Gasteiger partial charge in [-0.05, 0) is 35.9 Å². The molecule has 0 bridgehead atoms. The second-order valence-electron chi connectivity index (χ2n) is 6.94. The molecule has 156 valence electrons. The minimum Gasteiger partial charge on any atom is -0.456 e. The van der Waals surface area contributed by atoms with Gasteiger partial charge in [-0.1, -0.05) is 24.3 Å². The van der Waals surface area contributed by atoms with E-state index in [2.05, 4.69) is 30.5 Å². The van der Waals surface area contributed by atoms with Gasteiger partial charge in [0.25, 0.3) is 5.91 Å². The van der Waals surface area contributed by atoms with Crippen molar-refractivity contribution in [2.75, 3.05) is 11.1 Å². The Labute approximate surface area is 182 Å². The highest BCUT2D eigenvalue weighted by molar-refractivity contribution is 6.11. The van der Waals surface area contributed by atoms with Crippen LogP contribution in [-0.2, 0) is 0 Å². The normalized spacial score (nSPS) is 10.8. The Kier molecular flexibility index (Phi) is 4.89. The SMILES string of the molecule is Nc1ncc(NC(=O)c2n[nH]c3ccc(-c4cncc(Oc5ccccc5)c4)cc23)cn1. The van der Waals surface area contributed by atoms with Crippen LogP contribution in [0.25, 0.3) is 22.0 Å². The molecular formula is C23H17N7O2. The van der Waals surface area contributed by atoms with Crippen LogP contribution < -0.4 is 15.8 Å². The number of carbonyl (C=O) groups is 1. The number of aromatic amines is 1. The van der Waals surface area contributed by atoms with Crippen molar-refractivity contribution in [2.24, 2.45) is 0 Å². The van der Waals surface area contributed by atoms with Gasteiger partial charge in [0.2, 0.25) is 5.95 Å². The van der Waals surface area contributed by atoms with Crippen LogP contribution in [0.15, 0.2) is 79.4 Å². The van der Waals surface area contributed by atoms with Crippen LogP contribution in [0.1, 0.15) is 10.5 Å². The van der Waals surface area contributed by atoms with Gasteiger partial charge in [-0.2, -0.15) is 5.10 Å². The maximum Gasteiger partial charge on any atom is 0.276 e. The Bertz CT molecular complexity index is 1400. The number of amides is 1. The molecule has 2 aromatic carbocycles. The van der Waals surface area contributed by atoms with Crippen LogP contribution in [0.2, 0.25) is 0 Å². The quantitative estimate of drug-likeness (QED) is 0.389. The summed E-state index contributed by atoms with van der Waals surface area (Å²) < 4.78 is 5.88. The van der Waals surface area contributed by atoms with Gasteiger partial charge in [0.05, 0.1) is 29.8 Å². The van der Waals surface area contributed by atoms with Crippen LogP contribution in [0.5, 0.6) is 11.5 Å². The molecule has 1 amide bonds. The number of nitrogens with two attached hydrogens (primary N) is 1. The highest BCUT2D eigenvalue weighted by atomic mass is 16.5. The summed E-state index contributed by atoms with van der Waals surface area (Å²) in [5.74, 6) is 1.08. The minimum atomic E-state index is -0.388. The lowest BCUT2D eigenvalue weighted by Gasteiger charge is -2.08. The van der Waals surface area contributed by atoms with E-state index in [1.165, 1.54) is 12.4 Å². The Morgan fingerprint density at radius 3 is 2.53 bits per heavy atom. The summed E-state index contributed by atoms with van der Waals surface area (Å²) in [6.45, 7) is 0. The number of nitrogen functional groups attached to an aromatic ring is 1. The molecule has 9 heteroatoms. The fourth-order valence-corrected chi connectivity index (χ4v) is 3.22. The third-order valence-corrected chi connectivity index (χ3v) is 4.73. The van der Waals surface area contributed by atoms with Crippen LogP contribution >= 0.6 is 0 Å². The van der Waals surface area contributed by atoms with Crippen LogP contribution in [-0.4, -0.2) is 31.1 Å². The third kappa shape index (κ3) is 3.94. The maximum atomic E-state index is 12.8. The Balaban J connectivity index is 1.44. The minimum absolute atomic E-state index is 0.130. The molecule has 0 saturated heterocycles. The molecule has 5 aromatic rings. The molecule has 0 radical (unpaired) electrons. The number of benzene rings is 2. The zero-order valence-corrected chi connectivity index (χ0v) is 16.7. The first kappa shape index (κ1) is 19.2. The molecule has 0 fully saturated rings. The second-order valence-corrected chi connectivity index (χ2v) is 6.94. The summed E-state index contributed by atoms with van der Waals surface area (Å²) in [6, 6.07) is 17.1. The summed E-state index contributed by atoms with van der Waals surface area (Å²) in [6.07, 6.45) is 6.26. The van der Waals surface area contributed by atoms with Crippen LogP contribution in [0.3, 0.4) is 0 Å². The highest BCUT2D eigenvalue weighted by Crippen LogP contribution is 2.29. The van der Waals surface area contributed by atoms with E-state index in [4.69, 9.17) is 10.5 Å². The summed E-state index contributed by atoms with van der Waals surface area (Å²) in [4.78, 5) is 24.8. The highest BCUT2D eigenvalue weighted by Gasteiger charge is 2.16. The molecule has 3 aromatic heterocycles. The lowest BCUT2D eigenvalue weighted by atomic mass is 10.0. The maximum absolute atomic E-state index is 12.8. The molecular weight excluding hydrogens is 406 g/mol. The summed E-state index contributed by atoms with van der Waals surface area (Å²) in [5.41, 5.74) is 8.61. The molecule has 0 atom stereocenters. The number of aromatic nitrogens is 5. The van der Waals surface area contributed by atoms with Crippen molar-refractivity contribution in [3.05, 3.63) is 85.1 Å². The van der Waals surface area contributed by atoms with E-state index in [0.29, 0.717) is 16.8 Å². The first-order valence-electron chi connectivity index (χ1n) is 9.71. The van der Waals surface area contributed by atoms with E-state index in [9.17, 15) is 4.79 Å². The van der Waals surface area contributed by atoms with E-state index in [0.717, 1.165) is 22.4 Å². The van der Waals surface area contributed by atoms with Crippen molar-refractivity contribution in [1.29, 1.82) is 0 Å². The number of ether oxygens (including phenoxy) is 1. The second kappa shape index (κ2) is 8.15. The fourth-order valence-electron chi connectivity index (χ4n) is 3.22. The Hall–Kier alpha value is -4.79. The van der Waals surface area contributed by atoms with Gasteiger partial charge in [-0.15, -0.1) is 0 Å². The molecule has 3 heterocycles. The van der Waals surface area contributed by atoms with Crippen molar-refractivity contribution in [3.63, 3.8) is 0 Å². The molecule has 0 aliphatic carbocycles. The summed E-state index contributed by atoms with van der Waals surface area (Å²) >= 11 is 0. The van der Waals surface area contributed by atoms with Gasteiger partial charge in [0.15, 0.2) is 5.69 Å². The van der Waals surface area contributed by atoms with Crippen molar-refractivity contribution >= 4 is 28.4 Å². The predicted molar refractivity (Wildman–Crippen MR) is 120 cm³/mol. The van der Waals surface area contributed by atoms with Gasteiger partial charge in [-0.25, -0.2) is 9.97 Å². The first-order chi connectivity index (χ1) is 15.7. The van der Waals surface area contributed by atoms with Gasteiger partial charge >= 0.3 is 0 Å². The number of fused-ring (bicyclic) bond motifs is 1. The number of hydrogen-bond acceptors (Lipinski definition) is 7. The van der Waals surface area contributed by atoms with E-state index in [1.807, 2.05) is 54.6 Å². The number of nitrogens with one attached hydrogen (secondary N) is 2. The molecule has 9 nitrogen and oxygen atoms in total. The number of anilines is 2. The van der Waals surface area contributed by atoms with Crippen LogP contribution in [0, 0.1) is 0 Å². The zero-order valence-electron chi connectivity index (χ0n) is 16.7. The number of para-hydroxylation sites is 1. The van der Waals surface area contributed by atoms with Gasteiger partial charge in [0.1, 0.15) is 11.5 Å². The average molecular weight is 423 g/mol. The predicted octanol–water partition coefficient (Wildman–Crippen LogP) is 4.04. The van der Waals surface area contributed by atoms with Crippen molar-refractivity contribution < 1.29 is 9.53 Å². The molecule has 0 saturated carbocycles. The average Bonchev–Trinajstić information content (AvgIpc) is 3.25. The van der Waals surface area contributed by atoms with Crippen molar-refractivity contribution in [3.8, 4) is 22.6 Å². The third-order valence-electron chi connectivity index (χ3n) is 4.73. The number of nitrogens with zero attached hydrogens (tertiary/aromatic N) is 4. The first-order valence-corrected chi connectivity index (χ1v) is 9.71. The molecule has 0 aliphatic rings. The molecule has 4 N–H and O–H groups in total. The van der Waals surface area contributed by atoms with Gasteiger partial charge in [0, 0.05) is 17.1 Å². The zero-order chi connectivity index (χ0) is 21.9. The molecule has 0 spiro atoms. The standard InChI is InChI=1S/C23H17N7O2/c24-23-26-11-16(12-27-23)28-22(31)21-19-9-14(6-7-20(19)29-30-21)15-8-18(13-25-10-15)32-17-4-2-1-3-5-17/h1-13H,(H,28,31)(H,29,30)(H2,24,26,27). The Morgan fingerprint density at radius 1 is 0.906 bits per heavy atom. The van der Waals surface area contributed by atoms with Gasteiger partial charge in [-0.3, -0.25) is 14.9 Å². The summed E-state index contributed by atoms with van der Waals surface area (Å²) in [7, 11) is 0.